The molecule has 3 heteroatoms. The van der Waals surface area contributed by atoms with E-state index in [9.17, 15) is 0 Å². The van der Waals surface area contributed by atoms with Crippen molar-refractivity contribution < 1.29 is 0 Å². The van der Waals surface area contributed by atoms with Gasteiger partial charge >= 0.3 is 0 Å². The number of piperidine rings is 1. The molecule has 0 aromatic heterocycles. The summed E-state index contributed by atoms with van der Waals surface area (Å²) in [5, 5.41) is 3.56. The fourth-order valence-electron chi connectivity index (χ4n) is 2.46. The lowest BCUT2D eigenvalue weighted by Gasteiger charge is -2.36. The van der Waals surface area contributed by atoms with Crippen LogP contribution in [0.25, 0.3) is 0 Å². The Hall–Kier alpha value is -0.120. The van der Waals surface area contributed by atoms with Crippen LogP contribution < -0.4 is 5.32 Å². The Balaban J connectivity index is 2.16. The van der Waals surface area contributed by atoms with Crippen LogP contribution in [0.15, 0.2) is 0 Å². The van der Waals surface area contributed by atoms with Crippen LogP contribution in [0.1, 0.15) is 33.1 Å². The van der Waals surface area contributed by atoms with Gasteiger partial charge < -0.3 is 15.1 Å². The lowest BCUT2D eigenvalue weighted by Crippen LogP contribution is -2.46. The first-order valence-corrected chi connectivity index (χ1v) is 6.75. The molecule has 16 heavy (non-hydrogen) atoms. The van der Waals surface area contributed by atoms with E-state index in [1.807, 2.05) is 0 Å². The molecule has 0 aromatic carbocycles. The minimum absolute atomic E-state index is 0.635. The maximum absolute atomic E-state index is 3.56. The van der Waals surface area contributed by atoms with Gasteiger partial charge in [-0.3, -0.25) is 0 Å². The third-order valence-electron chi connectivity index (χ3n) is 3.56. The average molecular weight is 227 g/mol. The van der Waals surface area contributed by atoms with Crippen LogP contribution in [0.5, 0.6) is 0 Å². The van der Waals surface area contributed by atoms with Crippen LogP contribution >= 0.6 is 0 Å². The van der Waals surface area contributed by atoms with Crippen molar-refractivity contribution in [2.24, 2.45) is 0 Å². The molecule has 0 radical (unpaired) electrons. The molecule has 3 nitrogen and oxygen atoms in total. The van der Waals surface area contributed by atoms with Crippen LogP contribution in [0.4, 0.5) is 0 Å². The first kappa shape index (κ1) is 13.9. The van der Waals surface area contributed by atoms with E-state index in [-0.39, 0.29) is 0 Å². The highest BCUT2D eigenvalue weighted by molar-refractivity contribution is 4.78. The summed E-state index contributed by atoms with van der Waals surface area (Å²) < 4.78 is 0. The number of nitrogens with one attached hydrogen (secondary N) is 1. The topological polar surface area (TPSA) is 18.5 Å². The van der Waals surface area contributed by atoms with Crippen LogP contribution in [-0.4, -0.2) is 62.2 Å². The Bertz CT molecular complexity index is 174. The minimum Gasteiger partial charge on any atom is -0.313 e. The largest absolute Gasteiger partial charge is 0.313 e. The first-order valence-electron chi connectivity index (χ1n) is 6.75. The number of hydrogen-bond acceptors (Lipinski definition) is 3. The van der Waals surface area contributed by atoms with Gasteiger partial charge in [-0.15, -0.1) is 0 Å². The summed E-state index contributed by atoms with van der Waals surface area (Å²) in [6.07, 6.45) is 3.88. The average Bonchev–Trinajstić information content (AvgIpc) is 2.27. The number of nitrogens with zero attached hydrogens (tertiary/aromatic N) is 2. The predicted octanol–water partition coefficient (Wildman–Crippen LogP) is 1.40. The molecular formula is C13H29N3. The maximum Gasteiger partial charge on any atom is 0.0166 e. The molecule has 0 saturated carbocycles. The second-order valence-corrected chi connectivity index (χ2v) is 5.35. The van der Waals surface area contributed by atoms with Gasteiger partial charge in [-0.05, 0) is 59.9 Å². The molecule has 1 heterocycles. The molecule has 1 N–H and O–H groups in total. The van der Waals surface area contributed by atoms with Crippen molar-refractivity contribution in [3.05, 3.63) is 0 Å². The zero-order valence-electron chi connectivity index (χ0n) is 11.5. The highest BCUT2D eigenvalue weighted by Crippen LogP contribution is 2.14. The van der Waals surface area contributed by atoms with E-state index in [0.717, 1.165) is 12.6 Å². The molecule has 0 amide bonds. The standard InChI is InChI=1S/C13H29N3/c1-5-8-14-12(2)11-16-9-6-13(7-10-16)15(3)4/h12-14H,5-11H2,1-4H3. The molecule has 1 saturated heterocycles. The number of rotatable bonds is 6. The summed E-state index contributed by atoms with van der Waals surface area (Å²) in [4.78, 5) is 4.98. The maximum atomic E-state index is 3.56. The third-order valence-corrected chi connectivity index (χ3v) is 3.56. The van der Waals surface area contributed by atoms with E-state index in [1.54, 1.807) is 0 Å². The highest BCUT2D eigenvalue weighted by Gasteiger charge is 2.21. The molecule has 0 aliphatic carbocycles. The molecule has 1 fully saturated rings. The van der Waals surface area contributed by atoms with Gasteiger partial charge in [-0.1, -0.05) is 6.92 Å². The molecule has 1 aliphatic heterocycles. The van der Waals surface area contributed by atoms with Gasteiger partial charge in [0.25, 0.3) is 0 Å². The van der Waals surface area contributed by atoms with Gasteiger partial charge in [0.1, 0.15) is 0 Å². The zero-order chi connectivity index (χ0) is 12.0. The molecule has 0 spiro atoms. The van der Waals surface area contributed by atoms with E-state index in [2.05, 4.69) is 43.1 Å². The van der Waals surface area contributed by atoms with Crippen LogP contribution in [-0.2, 0) is 0 Å². The second kappa shape index (κ2) is 7.25. The molecular weight excluding hydrogens is 198 g/mol. The lowest BCUT2D eigenvalue weighted by molar-refractivity contribution is 0.137. The van der Waals surface area contributed by atoms with Gasteiger partial charge in [0.15, 0.2) is 0 Å². The Labute approximate surface area is 101 Å². The fraction of sp³-hybridized carbons (Fsp3) is 1.00. The molecule has 0 aromatic rings. The second-order valence-electron chi connectivity index (χ2n) is 5.35. The van der Waals surface area contributed by atoms with Crippen molar-refractivity contribution in [2.75, 3.05) is 40.3 Å². The van der Waals surface area contributed by atoms with Crippen LogP contribution in [0, 0.1) is 0 Å². The quantitative estimate of drug-likeness (QED) is 0.740. The number of likely N-dealkylation sites (tertiary alicyclic amines) is 1. The van der Waals surface area contributed by atoms with Gasteiger partial charge in [-0.25, -0.2) is 0 Å². The van der Waals surface area contributed by atoms with E-state index >= 15 is 0 Å². The van der Waals surface area contributed by atoms with Crippen molar-refractivity contribution in [1.29, 1.82) is 0 Å². The number of hydrogen-bond donors (Lipinski definition) is 1. The molecule has 1 atom stereocenters. The van der Waals surface area contributed by atoms with Crippen molar-refractivity contribution in [3.63, 3.8) is 0 Å². The minimum atomic E-state index is 0.635. The van der Waals surface area contributed by atoms with E-state index in [0.29, 0.717) is 6.04 Å². The van der Waals surface area contributed by atoms with Gasteiger partial charge in [-0.2, -0.15) is 0 Å². The predicted molar refractivity (Wildman–Crippen MR) is 70.9 cm³/mol. The molecule has 1 unspecified atom stereocenters. The fourth-order valence-corrected chi connectivity index (χ4v) is 2.46. The van der Waals surface area contributed by atoms with Crippen molar-refractivity contribution in [2.45, 2.75) is 45.2 Å². The van der Waals surface area contributed by atoms with Gasteiger partial charge in [0.05, 0.1) is 0 Å². The van der Waals surface area contributed by atoms with Gasteiger partial charge in [0, 0.05) is 18.6 Å². The van der Waals surface area contributed by atoms with Crippen LogP contribution in [0.3, 0.4) is 0 Å². The molecule has 1 aliphatic rings. The summed E-state index contributed by atoms with van der Waals surface area (Å²) in [5.41, 5.74) is 0. The zero-order valence-corrected chi connectivity index (χ0v) is 11.5. The normalized spacial score (nSPS) is 21.6. The van der Waals surface area contributed by atoms with Crippen LogP contribution in [0.2, 0.25) is 0 Å². The van der Waals surface area contributed by atoms with Crippen molar-refractivity contribution in [1.82, 2.24) is 15.1 Å². The van der Waals surface area contributed by atoms with E-state index in [4.69, 9.17) is 0 Å². The Kier molecular flexibility index (Phi) is 6.32. The Morgan fingerprint density at radius 3 is 2.44 bits per heavy atom. The van der Waals surface area contributed by atoms with Crippen molar-refractivity contribution >= 4 is 0 Å². The molecule has 1 rings (SSSR count). The highest BCUT2D eigenvalue weighted by atomic mass is 15.2. The summed E-state index contributed by atoms with van der Waals surface area (Å²) in [5.74, 6) is 0. The van der Waals surface area contributed by atoms with E-state index < -0.39 is 0 Å². The Morgan fingerprint density at radius 2 is 1.94 bits per heavy atom. The lowest BCUT2D eigenvalue weighted by atomic mass is 10.0. The summed E-state index contributed by atoms with van der Waals surface area (Å²) in [7, 11) is 4.40. The third kappa shape index (κ3) is 4.81. The SMILES string of the molecule is CCCNC(C)CN1CCC(N(C)C)CC1. The van der Waals surface area contributed by atoms with Gasteiger partial charge in [0.2, 0.25) is 0 Å². The molecule has 0 bridgehead atoms. The van der Waals surface area contributed by atoms with E-state index in [1.165, 1.54) is 38.9 Å². The monoisotopic (exact) mass is 227 g/mol. The summed E-state index contributed by atoms with van der Waals surface area (Å²) >= 11 is 0. The summed E-state index contributed by atoms with van der Waals surface area (Å²) in [6, 6.07) is 1.44. The molecule has 96 valence electrons. The summed E-state index contributed by atoms with van der Waals surface area (Å²) in [6.45, 7) is 9.41. The Morgan fingerprint density at radius 1 is 1.31 bits per heavy atom. The smallest absolute Gasteiger partial charge is 0.0166 e. The van der Waals surface area contributed by atoms with Crippen molar-refractivity contribution in [3.8, 4) is 0 Å². The first-order chi connectivity index (χ1) is 7.63.